The fourth-order valence-corrected chi connectivity index (χ4v) is 1.28. The maximum absolute atomic E-state index is 5.00. The van der Waals surface area contributed by atoms with Gasteiger partial charge in [-0.15, -0.1) is 0 Å². The van der Waals surface area contributed by atoms with Crippen LogP contribution in [0.25, 0.3) is 0 Å². The van der Waals surface area contributed by atoms with Gasteiger partial charge in [0.15, 0.2) is 0 Å². The van der Waals surface area contributed by atoms with Crippen LogP contribution in [0.5, 0.6) is 0 Å². The number of nitrogens with zero attached hydrogens (tertiary/aromatic N) is 1. The van der Waals surface area contributed by atoms with Gasteiger partial charge in [0.25, 0.3) is 0 Å². The van der Waals surface area contributed by atoms with E-state index in [0.29, 0.717) is 0 Å². The quantitative estimate of drug-likeness (QED) is 0.451. The summed E-state index contributed by atoms with van der Waals surface area (Å²) in [6.07, 6.45) is 2.72. The monoisotopic (exact) mass is 144 g/mol. The highest BCUT2D eigenvalue weighted by molar-refractivity contribution is 4.64. The maximum atomic E-state index is 5.00. The fourth-order valence-electron chi connectivity index (χ4n) is 1.28. The smallest absolute Gasteiger partial charge is 0.0809 e. The van der Waals surface area contributed by atoms with Gasteiger partial charge >= 0.3 is 0 Å². The molecule has 0 atom stereocenters. The van der Waals surface area contributed by atoms with Gasteiger partial charge in [0.2, 0.25) is 0 Å². The molecular formula is C7H16N2O. The molecule has 0 spiro atoms. The fraction of sp³-hybridized carbons (Fsp3) is 1.00. The first kappa shape index (κ1) is 7.98. The normalized spacial score (nSPS) is 20.1. The third-order valence-electron chi connectivity index (χ3n) is 1.85. The molecule has 0 aromatic rings. The molecule has 3 heteroatoms. The van der Waals surface area contributed by atoms with E-state index in [1.807, 2.05) is 0 Å². The van der Waals surface area contributed by atoms with Crippen molar-refractivity contribution in [2.75, 3.05) is 33.3 Å². The average Bonchev–Trinajstić information content (AvgIpc) is 2.41. The molecule has 1 rings (SSSR count). The molecule has 0 aromatic carbocycles. The topological polar surface area (TPSA) is 24.5 Å². The van der Waals surface area contributed by atoms with Crippen LogP contribution in [0.2, 0.25) is 0 Å². The van der Waals surface area contributed by atoms with E-state index < -0.39 is 0 Å². The molecule has 60 valence electrons. The van der Waals surface area contributed by atoms with E-state index in [1.165, 1.54) is 25.9 Å². The van der Waals surface area contributed by atoms with Crippen molar-refractivity contribution in [3.8, 4) is 0 Å². The largest absolute Gasteiger partial charge is 0.301 e. The molecule has 0 aromatic heterocycles. The first-order valence-electron chi connectivity index (χ1n) is 3.94. The Hall–Kier alpha value is -0.120. The van der Waals surface area contributed by atoms with Crippen molar-refractivity contribution < 1.29 is 4.84 Å². The van der Waals surface area contributed by atoms with Gasteiger partial charge in [0, 0.05) is 13.6 Å². The minimum Gasteiger partial charge on any atom is -0.301 e. The number of hydroxylamine groups is 1. The van der Waals surface area contributed by atoms with Gasteiger partial charge in [0.05, 0.1) is 6.61 Å². The Kier molecular flexibility index (Phi) is 3.72. The molecule has 0 aliphatic carbocycles. The Morgan fingerprint density at radius 2 is 2.10 bits per heavy atom. The summed E-state index contributed by atoms with van der Waals surface area (Å²) in [6.45, 7) is 4.39. The first-order valence-corrected chi connectivity index (χ1v) is 3.94. The van der Waals surface area contributed by atoms with Gasteiger partial charge in [-0.25, -0.2) is 5.48 Å². The zero-order chi connectivity index (χ0) is 7.23. The Morgan fingerprint density at radius 3 is 2.70 bits per heavy atom. The van der Waals surface area contributed by atoms with Gasteiger partial charge in [-0.05, 0) is 25.9 Å². The van der Waals surface area contributed by atoms with Crippen molar-refractivity contribution in [1.29, 1.82) is 0 Å². The number of nitrogens with one attached hydrogen (secondary N) is 1. The molecular weight excluding hydrogens is 128 g/mol. The molecule has 0 saturated carbocycles. The Labute approximate surface area is 62.3 Å². The van der Waals surface area contributed by atoms with Crippen LogP contribution in [-0.4, -0.2) is 38.2 Å². The Morgan fingerprint density at radius 1 is 1.40 bits per heavy atom. The van der Waals surface area contributed by atoms with Gasteiger partial charge in [-0.1, -0.05) is 0 Å². The molecule has 3 nitrogen and oxygen atoms in total. The summed E-state index contributed by atoms with van der Waals surface area (Å²) in [5, 5.41) is 0. The van der Waals surface area contributed by atoms with Crippen LogP contribution in [0.1, 0.15) is 12.8 Å². The number of hydrogen-bond donors (Lipinski definition) is 1. The average molecular weight is 144 g/mol. The SMILES string of the molecule is CNOCCN1CCCC1. The van der Waals surface area contributed by atoms with Crippen LogP contribution >= 0.6 is 0 Å². The van der Waals surface area contributed by atoms with Gasteiger partial charge in [0.1, 0.15) is 0 Å². The Bertz CT molecular complexity index is 81.7. The summed E-state index contributed by atoms with van der Waals surface area (Å²) in [5.41, 5.74) is 2.66. The third-order valence-corrected chi connectivity index (χ3v) is 1.85. The highest BCUT2D eigenvalue weighted by Crippen LogP contribution is 2.05. The number of likely N-dealkylation sites (tertiary alicyclic amines) is 1. The Balaban J connectivity index is 1.91. The van der Waals surface area contributed by atoms with Gasteiger partial charge in [-0.3, -0.25) is 0 Å². The standard InChI is InChI=1S/C7H16N2O/c1-8-10-7-6-9-4-2-3-5-9/h8H,2-7H2,1H3. The summed E-state index contributed by atoms with van der Waals surface area (Å²) < 4.78 is 0. The second-order valence-corrected chi connectivity index (χ2v) is 2.60. The summed E-state index contributed by atoms with van der Waals surface area (Å²) in [4.78, 5) is 7.43. The summed E-state index contributed by atoms with van der Waals surface area (Å²) in [5.74, 6) is 0. The molecule has 0 radical (unpaired) electrons. The predicted octanol–water partition coefficient (Wildman–Crippen LogP) is 0.233. The highest BCUT2D eigenvalue weighted by atomic mass is 16.6. The second kappa shape index (κ2) is 4.66. The number of rotatable bonds is 4. The van der Waals surface area contributed by atoms with E-state index >= 15 is 0 Å². The minimum absolute atomic E-state index is 0.802. The van der Waals surface area contributed by atoms with Crippen molar-refractivity contribution in [3.05, 3.63) is 0 Å². The lowest BCUT2D eigenvalue weighted by Crippen LogP contribution is -2.25. The molecule has 0 amide bonds. The molecule has 1 saturated heterocycles. The molecule has 1 N–H and O–H groups in total. The molecule has 0 bridgehead atoms. The third kappa shape index (κ3) is 2.64. The zero-order valence-corrected chi connectivity index (χ0v) is 6.60. The molecule has 1 fully saturated rings. The van der Waals surface area contributed by atoms with Crippen molar-refractivity contribution in [3.63, 3.8) is 0 Å². The van der Waals surface area contributed by atoms with Crippen molar-refractivity contribution in [2.24, 2.45) is 0 Å². The first-order chi connectivity index (χ1) is 4.93. The lowest BCUT2D eigenvalue weighted by atomic mass is 10.4. The second-order valence-electron chi connectivity index (χ2n) is 2.60. The predicted molar refractivity (Wildman–Crippen MR) is 40.7 cm³/mol. The molecule has 1 aliphatic heterocycles. The van der Waals surface area contributed by atoms with Crippen LogP contribution in [0, 0.1) is 0 Å². The van der Waals surface area contributed by atoms with Gasteiger partial charge < -0.3 is 9.74 Å². The molecule has 1 aliphatic rings. The van der Waals surface area contributed by atoms with E-state index in [2.05, 4.69) is 10.4 Å². The molecule has 10 heavy (non-hydrogen) atoms. The van der Waals surface area contributed by atoms with E-state index in [-0.39, 0.29) is 0 Å². The maximum Gasteiger partial charge on any atom is 0.0809 e. The lowest BCUT2D eigenvalue weighted by molar-refractivity contribution is 0.0444. The van der Waals surface area contributed by atoms with E-state index in [9.17, 15) is 0 Å². The van der Waals surface area contributed by atoms with Crippen molar-refractivity contribution in [2.45, 2.75) is 12.8 Å². The van der Waals surface area contributed by atoms with Crippen LogP contribution in [0.3, 0.4) is 0 Å². The van der Waals surface area contributed by atoms with E-state index in [1.54, 1.807) is 7.05 Å². The lowest BCUT2D eigenvalue weighted by Gasteiger charge is -2.13. The summed E-state index contributed by atoms with van der Waals surface area (Å²) >= 11 is 0. The van der Waals surface area contributed by atoms with Gasteiger partial charge in [-0.2, -0.15) is 0 Å². The zero-order valence-electron chi connectivity index (χ0n) is 6.60. The van der Waals surface area contributed by atoms with Crippen LogP contribution < -0.4 is 5.48 Å². The molecule has 0 unspecified atom stereocenters. The number of hydrogen-bond acceptors (Lipinski definition) is 3. The van der Waals surface area contributed by atoms with E-state index in [4.69, 9.17) is 4.84 Å². The summed E-state index contributed by atoms with van der Waals surface area (Å²) in [6, 6.07) is 0. The van der Waals surface area contributed by atoms with Crippen LogP contribution in [0.4, 0.5) is 0 Å². The highest BCUT2D eigenvalue weighted by Gasteiger charge is 2.09. The van der Waals surface area contributed by atoms with Crippen molar-refractivity contribution in [1.82, 2.24) is 10.4 Å². The molecule has 1 heterocycles. The van der Waals surface area contributed by atoms with Crippen LogP contribution in [-0.2, 0) is 4.84 Å². The minimum atomic E-state index is 0.802. The van der Waals surface area contributed by atoms with E-state index in [0.717, 1.165) is 13.2 Å². The van der Waals surface area contributed by atoms with Crippen LogP contribution in [0.15, 0.2) is 0 Å². The summed E-state index contributed by atoms with van der Waals surface area (Å²) in [7, 11) is 1.80. The van der Waals surface area contributed by atoms with Crippen molar-refractivity contribution >= 4 is 0 Å².